The third-order valence-corrected chi connectivity index (χ3v) is 6.22. The average Bonchev–Trinajstić information content (AvgIpc) is 2.73. The molecule has 1 aromatic heterocycles. The van der Waals surface area contributed by atoms with Gasteiger partial charge in [-0.25, -0.2) is 0 Å². The SMILES string of the molecule is Brc1ccc(Nc2nc(Nc3ccc(Br)cc3)nc(Nc3ccc(Br)cc3Br)n2)cc1. The van der Waals surface area contributed by atoms with Crippen molar-refractivity contribution in [3.63, 3.8) is 0 Å². The Kier molecular flexibility index (Phi) is 7.21. The zero-order chi connectivity index (χ0) is 21.8. The Morgan fingerprint density at radius 2 is 0.903 bits per heavy atom. The van der Waals surface area contributed by atoms with Crippen molar-refractivity contribution in [3.05, 3.63) is 84.6 Å². The highest BCUT2D eigenvalue weighted by Crippen LogP contribution is 2.29. The lowest BCUT2D eigenvalue weighted by Gasteiger charge is -2.12. The molecule has 31 heavy (non-hydrogen) atoms. The summed E-state index contributed by atoms with van der Waals surface area (Å²) in [5.41, 5.74) is 2.55. The van der Waals surface area contributed by atoms with Gasteiger partial charge in [0, 0.05) is 29.3 Å². The molecule has 0 radical (unpaired) electrons. The Balaban J connectivity index is 1.66. The quantitative estimate of drug-likeness (QED) is 0.193. The number of halogens is 4. The van der Waals surface area contributed by atoms with E-state index in [4.69, 9.17) is 0 Å². The van der Waals surface area contributed by atoms with Gasteiger partial charge in [-0.2, -0.15) is 15.0 Å². The van der Waals surface area contributed by atoms with E-state index in [-0.39, 0.29) is 0 Å². The topological polar surface area (TPSA) is 74.8 Å². The van der Waals surface area contributed by atoms with Gasteiger partial charge in [0.1, 0.15) is 0 Å². The third-order valence-electron chi connectivity index (χ3n) is 4.01. The number of anilines is 6. The maximum Gasteiger partial charge on any atom is 0.233 e. The van der Waals surface area contributed by atoms with Crippen LogP contribution >= 0.6 is 63.7 Å². The molecule has 0 saturated heterocycles. The second kappa shape index (κ2) is 10.1. The summed E-state index contributed by atoms with van der Waals surface area (Å²) in [6.45, 7) is 0. The molecule has 0 fully saturated rings. The van der Waals surface area contributed by atoms with E-state index >= 15 is 0 Å². The maximum absolute atomic E-state index is 4.53. The van der Waals surface area contributed by atoms with E-state index < -0.39 is 0 Å². The van der Waals surface area contributed by atoms with Crippen LogP contribution in [0.1, 0.15) is 0 Å². The highest BCUT2D eigenvalue weighted by Gasteiger charge is 2.10. The molecule has 0 spiro atoms. The fraction of sp³-hybridized carbons (Fsp3) is 0. The number of nitrogens with one attached hydrogen (secondary N) is 3. The van der Waals surface area contributed by atoms with Crippen LogP contribution in [0.15, 0.2) is 84.6 Å². The molecule has 0 bridgehead atoms. The summed E-state index contributed by atoms with van der Waals surface area (Å²) < 4.78 is 3.84. The largest absolute Gasteiger partial charge is 0.324 e. The van der Waals surface area contributed by atoms with Crippen molar-refractivity contribution in [1.82, 2.24) is 15.0 Å². The van der Waals surface area contributed by atoms with Gasteiger partial charge in [-0.3, -0.25) is 0 Å². The first kappa shape index (κ1) is 22.2. The lowest BCUT2D eigenvalue weighted by molar-refractivity contribution is 1.06. The van der Waals surface area contributed by atoms with E-state index in [0.717, 1.165) is 35.0 Å². The minimum atomic E-state index is 0.400. The van der Waals surface area contributed by atoms with E-state index in [9.17, 15) is 0 Å². The lowest BCUT2D eigenvalue weighted by Crippen LogP contribution is -2.07. The van der Waals surface area contributed by atoms with Crippen LogP contribution in [-0.2, 0) is 0 Å². The summed E-state index contributed by atoms with van der Waals surface area (Å²) in [7, 11) is 0. The molecule has 10 heteroatoms. The molecule has 1 heterocycles. The Morgan fingerprint density at radius 1 is 0.484 bits per heavy atom. The van der Waals surface area contributed by atoms with Crippen LogP contribution in [0, 0.1) is 0 Å². The predicted octanol–water partition coefficient (Wildman–Crippen LogP) is 8.15. The van der Waals surface area contributed by atoms with Gasteiger partial charge < -0.3 is 16.0 Å². The molecule has 0 saturated carbocycles. The number of aromatic nitrogens is 3. The zero-order valence-electron chi connectivity index (χ0n) is 15.7. The van der Waals surface area contributed by atoms with Crippen LogP contribution < -0.4 is 16.0 Å². The molecule has 3 N–H and O–H groups in total. The summed E-state index contributed by atoms with van der Waals surface area (Å²) >= 11 is 13.9. The van der Waals surface area contributed by atoms with Crippen molar-refractivity contribution in [1.29, 1.82) is 0 Å². The van der Waals surface area contributed by atoms with Gasteiger partial charge in [-0.15, -0.1) is 0 Å². The van der Waals surface area contributed by atoms with Crippen LogP contribution in [0.25, 0.3) is 0 Å². The summed E-state index contributed by atoms with van der Waals surface area (Å²) in [5, 5.41) is 9.70. The Labute approximate surface area is 212 Å². The Morgan fingerprint density at radius 3 is 1.35 bits per heavy atom. The minimum Gasteiger partial charge on any atom is -0.324 e. The molecule has 4 rings (SSSR count). The summed E-state index contributed by atoms with van der Waals surface area (Å²) in [4.78, 5) is 13.6. The molecule has 0 aliphatic heterocycles. The van der Waals surface area contributed by atoms with Crippen molar-refractivity contribution in [3.8, 4) is 0 Å². The standard InChI is InChI=1S/C21H14Br4N6/c22-12-1-6-15(7-2-12)26-19-29-20(27-16-8-3-13(23)4-9-16)31-21(30-19)28-18-10-5-14(24)11-17(18)25/h1-11H,(H3,26,27,28,29,30,31). The fourth-order valence-electron chi connectivity index (χ4n) is 2.58. The fourth-order valence-corrected chi connectivity index (χ4v) is 4.25. The maximum atomic E-state index is 4.53. The first-order chi connectivity index (χ1) is 14.9. The third kappa shape index (κ3) is 6.25. The van der Waals surface area contributed by atoms with Crippen molar-refractivity contribution < 1.29 is 0 Å². The van der Waals surface area contributed by atoms with Gasteiger partial charge in [-0.1, -0.05) is 47.8 Å². The smallest absolute Gasteiger partial charge is 0.233 e. The Bertz CT molecular complexity index is 1130. The summed E-state index contributed by atoms with van der Waals surface area (Å²) in [6.07, 6.45) is 0. The van der Waals surface area contributed by atoms with Crippen molar-refractivity contribution >= 4 is 98.6 Å². The first-order valence-corrected chi connectivity index (χ1v) is 12.2. The van der Waals surface area contributed by atoms with Crippen molar-refractivity contribution in [2.24, 2.45) is 0 Å². The molecular formula is C21H14Br4N6. The second-order valence-electron chi connectivity index (χ2n) is 6.32. The number of rotatable bonds is 6. The predicted molar refractivity (Wildman–Crippen MR) is 140 cm³/mol. The molecule has 3 aromatic carbocycles. The molecule has 0 aliphatic rings. The van der Waals surface area contributed by atoms with E-state index in [0.29, 0.717) is 17.8 Å². The van der Waals surface area contributed by atoms with Crippen LogP contribution in [-0.4, -0.2) is 15.0 Å². The Hall–Kier alpha value is -2.01. The summed E-state index contributed by atoms with van der Waals surface area (Å²) in [6, 6.07) is 21.4. The van der Waals surface area contributed by atoms with Gasteiger partial charge in [0.25, 0.3) is 0 Å². The van der Waals surface area contributed by atoms with E-state index in [1.165, 1.54) is 0 Å². The van der Waals surface area contributed by atoms with E-state index in [1.54, 1.807) is 0 Å². The van der Waals surface area contributed by atoms with E-state index in [1.807, 2.05) is 66.7 Å². The second-order valence-corrected chi connectivity index (χ2v) is 9.92. The molecule has 0 atom stereocenters. The van der Waals surface area contributed by atoms with Crippen LogP contribution in [0.5, 0.6) is 0 Å². The highest BCUT2D eigenvalue weighted by atomic mass is 79.9. The summed E-state index contributed by atoms with van der Waals surface area (Å²) in [5.74, 6) is 1.22. The number of benzene rings is 3. The number of hydrogen-bond acceptors (Lipinski definition) is 6. The van der Waals surface area contributed by atoms with E-state index in [2.05, 4.69) is 94.6 Å². The zero-order valence-corrected chi connectivity index (χ0v) is 22.0. The molecule has 0 amide bonds. The van der Waals surface area contributed by atoms with Crippen molar-refractivity contribution in [2.75, 3.05) is 16.0 Å². The first-order valence-electron chi connectivity index (χ1n) is 8.98. The van der Waals surface area contributed by atoms with Crippen molar-refractivity contribution in [2.45, 2.75) is 0 Å². The normalized spacial score (nSPS) is 10.6. The molecule has 156 valence electrons. The molecule has 6 nitrogen and oxygen atoms in total. The molecular weight excluding hydrogens is 656 g/mol. The molecule has 0 unspecified atom stereocenters. The minimum absolute atomic E-state index is 0.400. The number of hydrogen-bond donors (Lipinski definition) is 3. The van der Waals surface area contributed by atoms with Gasteiger partial charge in [0.15, 0.2) is 0 Å². The van der Waals surface area contributed by atoms with Gasteiger partial charge in [0.05, 0.1) is 5.69 Å². The number of nitrogens with zero attached hydrogens (tertiary/aromatic N) is 3. The van der Waals surface area contributed by atoms with Gasteiger partial charge in [-0.05, 0) is 82.7 Å². The van der Waals surface area contributed by atoms with Gasteiger partial charge >= 0.3 is 0 Å². The van der Waals surface area contributed by atoms with Gasteiger partial charge in [0.2, 0.25) is 17.8 Å². The average molecular weight is 670 g/mol. The monoisotopic (exact) mass is 666 g/mol. The highest BCUT2D eigenvalue weighted by molar-refractivity contribution is 9.11. The van der Waals surface area contributed by atoms with Crippen LogP contribution in [0.2, 0.25) is 0 Å². The molecule has 4 aromatic rings. The molecule has 0 aliphatic carbocycles. The van der Waals surface area contributed by atoms with Crippen LogP contribution in [0.4, 0.5) is 34.9 Å². The lowest BCUT2D eigenvalue weighted by atomic mass is 10.3. The van der Waals surface area contributed by atoms with Crippen LogP contribution in [0.3, 0.4) is 0 Å².